The van der Waals surface area contributed by atoms with Crippen molar-refractivity contribution in [3.05, 3.63) is 116 Å². The number of benzene rings is 3. The SMILES string of the molecule is Cc1ccc(CCN(C(=O)C2=C(c3ccc(CCCOc4c(F)ccc(F)c4F)cc3)CC3CN(C(=O)OCCCCO[N+](=O)[O-])CC2N3C(=O)OC(C)(C)C(Cl)(Cl)Cl)C2CC2)cc1. The van der Waals surface area contributed by atoms with E-state index in [1.54, 1.807) is 0 Å². The Bertz CT molecular complexity index is 2210. The summed E-state index contributed by atoms with van der Waals surface area (Å²) in [6.07, 6.45) is 2.10. The van der Waals surface area contributed by atoms with Crippen LogP contribution in [0.5, 0.6) is 5.75 Å². The Labute approximate surface area is 384 Å². The molecule has 13 nitrogen and oxygen atoms in total. The first-order valence-corrected chi connectivity index (χ1v) is 22.2. The fourth-order valence-electron chi connectivity index (χ4n) is 7.76. The van der Waals surface area contributed by atoms with E-state index in [-0.39, 0.29) is 57.7 Å². The molecule has 1 saturated heterocycles. The molecule has 3 amide bonds. The van der Waals surface area contributed by atoms with Crippen molar-refractivity contribution in [2.75, 3.05) is 39.5 Å². The van der Waals surface area contributed by atoms with Crippen LogP contribution in [0.3, 0.4) is 0 Å². The molecule has 3 aromatic carbocycles. The van der Waals surface area contributed by atoms with Crippen LogP contribution in [0.2, 0.25) is 0 Å². The number of aryl methyl sites for hydroxylation is 2. The second-order valence-corrected chi connectivity index (χ2v) is 18.9. The van der Waals surface area contributed by atoms with E-state index in [1.807, 2.05) is 60.4 Å². The number of carbonyl (C=O) groups is 3. The van der Waals surface area contributed by atoms with Gasteiger partial charge in [-0.05, 0) is 107 Å². The van der Waals surface area contributed by atoms with Gasteiger partial charge in [-0.3, -0.25) is 9.69 Å². The maximum atomic E-state index is 15.3. The maximum absolute atomic E-state index is 15.3. The highest BCUT2D eigenvalue weighted by molar-refractivity contribution is 6.68. The number of unbranched alkanes of at least 4 members (excludes halogenated alkanes) is 1. The Morgan fingerprint density at radius 2 is 1.48 bits per heavy atom. The summed E-state index contributed by atoms with van der Waals surface area (Å²) in [7, 11) is 0. The molecule has 64 heavy (non-hydrogen) atoms. The van der Waals surface area contributed by atoms with E-state index in [0.717, 1.165) is 35.6 Å². The number of ether oxygens (including phenoxy) is 3. The maximum Gasteiger partial charge on any atom is 0.411 e. The third-order valence-corrected chi connectivity index (χ3v) is 12.9. The molecule has 0 spiro atoms. The van der Waals surface area contributed by atoms with Crippen molar-refractivity contribution in [1.82, 2.24) is 14.7 Å². The van der Waals surface area contributed by atoms with E-state index in [0.29, 0.717) is 55.0 Å². The molecular weight excluding hydrogens is 904 g/mol. The summed E-state index contributed by atoms with van der Waals surface area (Å²) in [4.78, 5) is 62.9. The normalized spacial score (nSPS) is 17.5. The predicted octanol–water partition coefficient (Wildman–Crippen LogP) is 9.58. The Hall–Kier alpha value is -4.93. The minimum Gasteiger partial charge on any atom is -0.488 e. The summed E-state index contributed by atoms with van der Waals surface area (Å²) in [6, 6.07) is 15.2. The van der Waals surface area contributed by atoms with E-state index in [9.17, 15) is 32.9 Å². The van der Waals surface area contributed by atoms with E-state index in [1.165, 1.54) is 23.6 Å². The lowest BCUT2D eigenvalue weighted by Gasteiger charge is -2.51. The zero-order chi connectivity index (χ0) is 46.3. The first-order valence-electron chi connectivity index (χ1n) is 21.1. The Morgan fingerprint density at radius 3 is 2.14 bits per heavy atom. The van der Waals surface area contributed by atoms with Gasteiger partial charge in [0.2, 0.25) is 9.61 Å². The molecule has 2 fully saturated rings. The molecule has 3 aromatic rings. The number of halogens is 6. The first kappa shape index (κ1) is 48.5. The number of nitrogens with zero attached hydrogens (tertiary/aromatic N) is 4. The van der Waals surface area contributed by atoms with Crippen LogP contribution in [-0.2, 0) is 31.9 Å². The van der Waals surface area contributed by atoms with Crippen molar-refractivity contribution < 1.29 is 51.7 Å². The largest absolute Gasteiger partial charge is 0.488 e. The number of fused-ring (bicyclic) bond motifs is 2. The standard InChI is InChI=1S/C45H50Cl3F3N4O9/c1-28-8-10-30(11-9-28)20-21-53(32-16-17-32)41(56)38-34(31-14-12-29(13-15-31)7-6-23-61-40-36(50)19-18-35(49)39(40)51)25-33-26-52(42(57)62-22-4-5-24-63-55(59)60)27-37(38)54(33)43(58)64-44(2,3)45(46,47)48/h8-15,18-19,32-33,37H,4-7,16-17,20-27H2,1-3H3. The predicted molar refractivity (Wildman–Crippen MR) is 233 cm³/mol. The second-order valence-electron chi connectivity index (χ2n) is 16.6. The average molecular weight is 954 g/mol. The number of piperazine rings is 1. The van der Waals surface area contributed by atoms with Crippen LogP contribution in [0.15, 0.2) is 66.2 Å². The van der Waals surface area contributed by atoms with Crippen LogP contribution in [0.4, 0.5) is 22.8 Å². The minimum atomic E-state index is -2.02. The Morgan fingerprint density at radius 1 is 0.844 bits per heavy atom. The average Bonchev–Trinajstić information content (AvgIpc) is 4.08. The Kier molecular flexibility index (Phi) is 15.9. The van der Waals surface area contributed by atoms with Gasteiger partial charge in [0.05, 0.1) is 31.9 Å². The summed E-state index contributed by atoms with van der Waals surface area (Å²) >= 11 is 18.8. The van der Waals surface area contributed by atoms with Crippen LogP contribution in [0, 0.1) is 34.5 Å². The molecular formula is C45H50Cl3F3N4O9. The quantitative estimate of drug-likeness (QED) is 0.0401. The molecule has 19 heteroatoms. The molecule has 1 aliphatic carbocycles. The number of carbonyl (C=O) groups excluding carboxylic acids is 3. The van der Waals surface area contributed by atoms with Crippen molar-refractivity contribution in [1.29, 1.82) is 0 Å². The number of amides is 3. The van der Waals surface area contributed by atoms with Gasteiger partial charge in [0, 0.05) is 31.2 Å². The number of rotatable bonds is 18. The molecule has 2 atom stereocenters. The smallest absolute Gasteiger partial charge is 0.411 e. The molecule has 0 N–H and O–H groups in total. The fraction of sp³-hybridized carbons (Fsp3) is 0.489. The summed E-state index contributed by atoms with van der Waals surface area (Å²) in [5.41, 5.74) is 3.08. The molecule has 0 radical (unpaired) electrons. The fourth-order valence-corrected chi connectivity index (χ4v) is 7.88. The van der Waals surface area contributed by atoms with Crippen LogP contribution < -0.4 is 4.74 Å². The van der Waals surface area contributed by atoms with Crippen LogP contribution in [0.1, 0.15) is 74.6 Å². The summed E-state index contributed by atoms with van der Waals surface area (Å²) < 4.78 is 56.6. The summed E-state index contributed by atoms with van der Waals surface area (Å²) in [6.45, 7) is 4.86. The number of hydrogen-bond donors (Lipinski definition) is 0. The molecule has 3 aliphatic rings. The number of alkyl halides is 3. The van der Waals surface area contributed by atoms with E-state index >= 15 is 4.79 Å². The van der Waals surface area contributed by atoms with Gasteiger partial charge in [0.15, 0.2) is 23.0 Å². The molecule has 2 unspecified atom stereocenters. The minimum absolute atomic E-state index is 0.00160. The topological polar surface area (TPSA) is 141 Å². The molecule has 346 valence electrons. The van der Waals surface area contributed by atoms with Crippen molar-refractivity contribution in [2.45, 2.75) is 99.7 Å². The van der Waals surface area contributed by atoms with Crippen molar-refractivity contribution in [2.24, 2.45) is 0 Å². The molecule has 2 bridgehead atoms. The molecule has 0 aromatic heterocycles. The zero-order valence-electron chi connectivity index (χ0n) is 35.6. The van der Waals surface area contributed by atoms with Crippen LogP contribution >= 0.6 is 34.8 Å². The highest BCUT2D eigenvalue weighted by Crippen LogP contribution is 2.44. The van der Waals surface area contributed by atoms with Gasteiger partial charge in [-0.25, -0.2) is 18.4 Å². The van der Waals surface area contributed by atoms with Gasteiger partial charge in [-0.2, -0.15) is 4.39 Å². The summed E-state index contributed by atoms with van der Waals surface area (Å²) in [5.74, 6) is -4.69. The van der Waals surface area contributed by atoms with Gasteiger partial charge in [0.1, 0.15) is 0 Å². The monoisotopic (exact) mass is 952 g/mol. The van der Waals surface area contributed by atoms with E-state index in [2.05, 4.69) is 4.84 Å². The highest BCUT2D eigenvalue weighted by atomic mass is 35.6. The number of hydrogen-bond acceptors (Lipinski definition) is 9. The highest BCUT2D eigenvalue weighted by Gasteiger charge is 2.52. The zero-order valence-corrected chi connectivity index (χ0v) is 37.9. The van der Waals surface area contributed by atoms with Gasteiger partial charge >= 0.3 is 12.2 Å². The molecule has 2 heterocycles. The van der Waals surface area contributed by atoms with Gasteiger partial charge in [-0.1, -0.05) is 88.9 Å². The summed E-state index contributed by atoms with van der Waals surface area (Å²) in [5, 5.41) is 9.63. The second kappa shape index (κ2) is 20.9. The van der Waals surface area contributed by atoms with Crippen molar-refractivity contribution >= 4 is 58.5 Å². The molecule has 6 rings (SSSR count). The van der Waals surface area contributed by atoms with Gasteiger partial charge in [-0.15, -0.1) is 10.1 Å². The van der Waals surface area contributed by atoms with Crippen LogP contribution in [-0.4, -0.2) is 105 Å². The molecule has 2 aliphatic heterocycles. The third kappa shape index (κ3) is 12.0. The van der Waals surface area contributed by atoms with E-state index in [4.69, 9.17) is 49.0 Å². The lowest BCUT2D eigenvalue weighted by molar-refractivity contribution is -0.757. The lowest BCUT2D eigenvalue weighted by atomic mass is 9.81. The van der Waals surface area contributed by atoms with Crippen molar-refractivity contribution in [3.63, 3.8) is 0 Å². The van der Waals surface area contributed by atoms with Crippen molar-refractivity contribution in [3.8, 4) is 5.75 Å². The van der Waals surface area contributed by atoms with Crippen LogP contribution in [0.25, 0.3) is 5.57 Å². The first-order chi connectivity index (χ1) is 30.3. The Balaban J connectivity index is 1.32. The lowest BCUT2D eigenvalue weighted by Crippen LogP contribution is -2.66. The van der Waals surface area contributed by atoms with Gasteiger partial charge in [0.25, 0.3) is 11.0 Å². The van der Waals surface area contributed by atoms with E-state index < -0.39 is 62.0 Å². The molecule has 1 saturated carbocycles. The van der Waals surface area contributed by atoms with Gasteiger partial charge < -0.3 is 28.8 Å². The third-order valence-electron chi connectivity index (χ3n) is 11.5.